The van der Waals surface area contributed by atoms with Gasteiger partial charge in [-0.15, -0.1) is 0 Å². The number of anilines is 1. The highest BCUT2D eigenvalue weighted by Gasteiger charge is 2.38. The summed E-state index contributed by atoms with van der Waals surface area (Å²) in [6.07, 6.45) is 5.66. The second-order valence-electron chi connectivity index (χ2n) is 5.98. The largest absolute Gasteiger partial charge is 0.325 e. The number of rotatable bonds is 5. The number of hydrogen-bond acceptors (Lipinski definition) is 2. The first-order valence-corrected chi connectivity index (χ1v) is 7.37. The zero-order valence-electron chi connectivity index (χ0n) is 11.3. The maximum Gasteiger partial charge on any atom is 0.238 e. The summed E-state index contributed by atoms with van der Waals surface area (Å²) in [4.78, 5) is 11.8. The molecule has 19 heavy (non-hydrogen) atoms. The van der Waals surface area contributed by atoms with Gasteiger partial charge in [0.05, 0.1) is 6.54 Å². The van der Waals surface area contributed by atoms with Crippen molar-refractivity contribution in [3.63, 3.8) is 0 Å². The van der Waals surface area contributed by atoms with Crippen LogP contribution in [-0.4, -0.2) is 19.0 Å². The zero-order chi connectivity index (χ0) is 13.1. The van der Waals surface area contributed by atoms with E-state index in [0.717, 1.165) is 30.0 Å². The Morgan fingerprint density at radius 3 is 2.68 bits per heavy atom. The topological polar surface area (TPSA) is 41.1 Å². The highest BCUT2D eigenvalue weighted by molar-refractivity contribution is 5.92. The third-order valence-corrected chi connectivity index (χ3v) is 4.63. The van der Waals surface area contributed by atoms with Crippen LogP contribution in [0.4, 0.5) is 5.69 Å². The van der Waals surface area contributed by atoms with Gasteiger partial charge in [-0.2, -0.15) is 0 Å². The molecule has 3 unspecified atom stereocenters. The van der Waals surface area contributed by atoms with Crippen LogP contribution in [0.15, 0.2) is 30.3 Å². The molecule has 2 aliphatic rings. The van der Waals surface area contributed by atoms with Crippen LogP contribution in [-0.2, 0) is 4.79 Å². The molecule has 0 saturated heterocycles. The molecule has 0 aliphatic heterocycles. The van der Waals surface area contributed by atoms with Crippen molar-refractivity contribution in [3.05, 3.63) is 30.3 Å². The molecule has 0 heterocycles. The van der Waals surface area contributed by atoms with Crippen LogP contribution in [0.2, 0.25) is 0 Å². The van der Waals surface area contributed by atoms with Crippen molar-refractivity contribution in [2.24, 2.45) is 17.8 Å². The van der Waals surface area contributed by atoms with Crippen molar-refractivity contribution in [3.8, 4) is 0 Å². The van der Waals surface area contributed by atoms with Gasteiger partial charge in [-0.3, -0.25) is 4.79 Å². The van der Waals surface area contributed by atoms with Gasteiger partial charge in [-0.1, -0.05) is 24.6 Å². The molecule has 3 atom stereocenters. The lowest BCUT2D eigenvalue weighted by Crippen LogP contribution is -2.33. The van der Waals surface area contributed by atoms with E-state index >= 15 is 0 Å². The lowest BCUT2D eigenvalue weighted by molar-refractivity contribution is -0.115. The zero-order valence-corrected chi connectivity index (χ0v) is 11.3. The molecular formula is C16H22N2O. The van der Waals surface area contributed by atoms with Gasteiger partial charge in [0.1, 0.15) is 0 Å². The number of benzene rings is 1. The first-order valence-electron chi connectivity index (χ1n) is 7.37. The molecular weight excluding hydrogens is 236 g/mol. The number of carbonyl (C=O) groups is 1. The second kappa shape index (κ2) is 5.74. The van der Waals surface area contributed by atoms with E-state index in [9.17, 15) is 4.79 Å². The average molecular weight is 258 g/mol. The third-order valence-electron chi connectivity index (χ3n) is 4.63. The van der Waals surface area contributed by atoms with Crippen LogP contribution in [0.3, 0.4) is 0 Å². The van der Waals surface area contributed by atoms with Crippen LogP contribution in [0.25, 0.3) is 0 Å². The first-order chi connectivity index (χ1) is 9.31. The number of hydrogen-bond donors (Lipinski definition) is 2. The fourth-order valence-corrected chi connectivity index (χ4v) is 3.72. The summed E-state index contributed by atoms with van der Waals surface area (Å²) in [5.74, 6) is 2.77. The minimum absolute atomic E-state index is 0.0503. The maximum absolute atomic E-state index is 11.8. The summed E-state index contributed by atoms with van der Waals surface area (Å²) in [6.45, 7) is 1.42. The molecule has 1 aromatic rings. The molecule has 1 aromatic carbocycles. The number of para-hydroxylation sites is 1. The Kier molecular flexibility index (Phi) is 3.83. The molecule has 2 fully saturated rings. The van der Waals surface area contributed by atoms with Gasteiger partial charge in [0.15, 0.2) is 0 Å². The summed E-state index contributed by atoms with van der Waals surface area (Å²) < 4.78 is 0. The molecule has 0 radical (unpaired) electrons. The van der Waals surface area contributed by atoms with E-state index in [2.05, 4.69) is 10.6 Å². The average Bonchev–Trinajstić information content (AvgIpc) is 3.02. The predicted octanol–water partition coefficient (Wildman–Crippen LogP) is 2.65. The van der Waals surface area contributed by atoms with Gasteiger partial charge >= 0.3 is 0 Å². The van der Waals surface area contributed by atoms with E-state index in [-0.39, 0.29) is 5.91 Å². The predicted molar refractivity (Wildman–Crippen MR) is 76.9 cm³/mol. The molecule has 2 aliphatic carbocycles. The molecule has 1 amide bonds. The minimum Gasteiger partial charge on any atom is -0.325 e. The van der Waals surface area contributed by atoms with E-state index < -0.39 is 0 Å². The molecule has 2 saturated carbocycles. The number of amides is 1. The monoisotopic (exact) mass is 258 g/mol. The lowest BCUT2D eigenvalue weighted by atomic mass is 9.89. The maximum atomic E-state index is 11.8. The van der Waals surface area contributed by atoms with Gasteiger partial charge < -0.3 is 10.6 Å². The van der Waals surface area contributed by atoms with Gasteiger partial charge in [-0.25, -0.2) is 0 Å². The molecule has 2 bridgehead atoms. The summed E-state index contributed by atoms with van der Waals surface area (Å²) in [6, 6.07) is 9.63. The SMILES string of the molecule is O=C(CNCC1CC2CCC1C2)Nc1ccccc1. The van der Waals surface area contributed by atoms with Crippen molar-refractivity contribution < 1.29 is 4.79 Å². The van der Waals surface area contributed by atoms with Gasteiger partial charge in [-0.05, 0) is 55.7 Å². The van der Waals surface area contributed by atoms with Crippen LogP contribution in [0.5, 0.6) is 0 Å². The molecule has 3 nitrogen and oxygen atoms in total. The van der Waals surface area contributed by atoms with E-state index in [1.807, 2.05) is 30.3 Å². The Labute approximate surface area is 114 Å². The van der Waals surface area contributed by atoms with E-state index in [0.29, 0.717) is 6.54 Å². The van der Waals surface area contributed by atoms with E-state index in [1.165, 1.54) is 25.7 Å². The molecule has 0 aromatic heterocycles. The standard InChI is InChI=1S/C16H22N2O/c19-16(18-15-4-2-1-3-5-15)11-17-10-14-9-12-6-7-13(14)8-12/h1-5,12-14,17H,6-11H2,(H,18,19). The molecule has 2 N–H and O–H groups in total. The van der Waals surface area contributed by atoms with Crippen LogP contribution in [0.1, 0.15) is 25.7 Å². The van der Waals surface area contributed by atoms with Crippen LogP contribution >= 0.6 is 0 Å². The number of nitrogens with one attached hydrogen (secondary N) is 2. The smallest absolute Gasteiger partial charge is 0.238 e. The van der Waals surface area contributed by atoms with Gasteiger partial charge in [0.2, 0.25) is 5.91 Å². The molecule has 3 rings (SSSR count). The van der Waals surface area contributed by atoms with Crippen molar-refractivity contribution in [1.29, 1.82) is 0 Å². The van der Waals surface area contributed by atoms with Gasteiger partial charge in [0, 0.05) is 5.69 Å². The van der Waals surface area contributed by atoms with Crippen molar-refractivity contribution in [2.75, 3.05) is 18.4 Å². The Balaban J connectivity index is 1.37. The fourth-order valence-electron chi connectivity index (χ4n) is 3.72. The highest BCUT2D eigenvalue weighted by atomic mass is 16.1. The normalized spacial score (nSPS) is 28.5. The summed E-state index contributed by atoms with van der Waals surface area (Å²) >= 11 is 0. The number of fused-ring (bicyclic) bond motifs is 2. The Morgan fingerprint density at radius 2 is 2.00 bits per heavy atom. The van der Waals surface area contributed by atoms with Crippen molar-refractivity contribution in [2.45, 2.75) is 25.7 Å². The molecule has 3 heteroatoms. The van der Waals surface area contributed by atoms with E-state index in [1.54, 1.807) is 0 Å². The highest BCUT2D eigenvalue weighted by Crippen LogP contribution is 2.47. The van der Waals surface area contributed by atoms with Crippen molar-refractivity contribution in [1.82, 2.24) is 5.32 Å². The Bertz CT molecular complexity index is 432. The van der Waals surface area contributed by atoms with Gasteiger partial charge in [0.25, 0.3) is 0 Å². The third kappa shape index (κ3) is 3.16. The summed E-state index contributed by atoms with van der Waals surface area (Å²) in [7, 11) is 0. The van der Waals surface area contributed by atoms with Crippen LogP contribution < -0.4 is 10.6 Å². The van der Waals surface area contributed by atoms with E-state index in [4.69, 9.17) is 0 Å². The summed E-state index contributed by atoms with van der Waals surface area (Å²) in [5.41, 5.74) is 0.870. The second-order valence-corrected chi connectivity index (χ2v) is 5.98. The first kappa shape index (κ1) is 12.7. The Morgan fingerprint density at radius 1 is 1.16 bits per heavy atom. The number of carbonyl (C=O) groups excluding carboxylic acids is 1. The van der Waals surface area contributed by atoms with Crippen molar-refractivity contribution >= 4 is 11.6 Å². The lowest BCUT2D eigenvalue weighted by Gasteiger charge is -2.21. The quantitative estimate of drug-likeness (QED) is 0.852. The fraction of sp³-hybridized carbons (Fsp3) is 0.562. The van der Waals surface area contributed by atoms with Crippen LogP contribution in [0, 0.1) is 17.8 Å². The summed E-state index contributed by atoms with van der Waals surface area (Å²) in [5, 5.41) is 6.22. The molecule has 0 spiro atoms. The molecule has 102 valence electrons. The Hall–Kier alpha value is -1.35. The minimum atomic E-state index is 0.0503.